The Bertz CT molecular complexity index is 850. The molecule has 1 N–H and O–H groups in total. The Labute approximate surface area is 157 Å². The highest BCUT2D eigenvalue weighted by Crippen LogP contribution is 2.54. The van der Waals surface area contributed by atoms with Crippen molar-refractivity contribution in [3.8, 4) is 11.5 Å². The third kappa shape index (κ3) is 2.66. The minimum atomic E-state index is 0.0798. The fourth-order valence-corrected chi connectivity index (χ4v) is 4.65. The van der Waals surface area contributed by atoms with E-state index in [1.54, 1.807) is 20.3 Å². The van der Waals surface area contributed by atoms with Crippen LogP contribution in [-0.2, 0) is 0 Å². The molecule has 0 bridgehead atoms. The van der Waals surface area contributed by atoms with Crippen molar-refractivity contribution in [2.45, 2.75) is 18.4 Å². The maximum Gasteiger partial charge on any atom is 0.165 e. The van der Waals surface area contributed by atoms with Crippen LogP contribution in [0.4, 0.5) is 5.69 Å². The number of hydrogen-bond acceptors (Lipinski definition) is 3. The molecule has 4 rings (SSSR count). The zero-order chi connectivity index (χ0) is 17.6. The molecule has 2 aliphatic rings. The molecule has 0 fully saturated rings. The van der Waals surface area contributed by atoms with Crippen LogP contribution in [0.15, 0.2) is 42.5 Å². The second-order valence-corrected chi connectivity index (χ2v) is 7.25. The highest BCUT2D eigenvalue weighted by Gasteiger charge is 2.40. The van der Waals surface area contributed by atoms with Crippen molar-refractivity contribution in [3.05, 3.63) is 63.7 Å². The number of allylic oxidation sites excluding steroid dienone is 2. The van der Waals surface area contributed by atoms with E-state index >= 15 is 0 Å². The first-order valence-corrected chi connectivity index (χ1v) is 9.02. The van der Waals surface area contributed by atoms with E-state index in [2.05, 4.69) is 23.5 Å². The molecule has 0 aromatic heterocycles. The maximum absolute atomic E-state index is 6.50. The van der Waals surface area contributed by atoms with Gasteiger partial charge in [-0.15, -0.1) is 0 Å². The van der Waals surface area contributed by atoms with Crippen LogP contribution in [0.2, 0.25) is 10.0 Å². The summed E-state index contributed by atoms with van der Waals surface area (Å²) in [5, 5.41) is 4.96. The van der Waals surface area contributed by atoms with Crippen molar-refractivity contribution in [1.29, 1.82) is 0 Å². The first kappa shape index (κ1) is 16.6. The van der Waals surface area contributed by atoms with Gasteiger partial charge >= 0.3 is 0 Å². The standard InChI is InChI=1S/C20H19Cl2NO2/c1-24-17-8-4-7-14(20(17)25-2)18-13-6-3-5-12(13)15-9-11(21)10-16(22)19(15)23-18/h3-5,7-10,12-13,18,23H,6H2,1-2H3/t12-,13+,18+/m0/s1. The number of anilines is 1. The number of hydrogen-bond donors (Lipinski definition) is 1. The van der Waals surface area contributed by atoms with Crippen molar-refractivity contribution in [2.75, 3.05) is 19.5 Å². The van der Waals surface area contributed by atoms with Crippen molar-refractivity contribution in [2.24, 2.45) is 5.92 Å². The highest BCUT2D eigenvalue weighted by atomic mass is 35.5. The lowest BCUT2D eigenvalue weighted by molar-refractivity contribution is 0.341. The Morgan fingerprint density at radius 2 is 1.92 bits per heavy atom. The summed E-state index contributed by atoms with van der Waals surface area (Å²) in [5.41, 5.74) is 3.19. The molecule has 0 amide bonds. The van der Waals surface area contributed by atoms with Crippen LogP contribution in [0.1, 0.15) is 29.5 Å². The van der Waals surface area contributed by atoms with Gasteiger partial charge in [0.25, 0.3) is 0 Å². The van der Waals surface area contributed by atoms with Crippen LogP contribution < -0.4 is 14.8 Å². The fraction of sp³-hybridized carbons (Fsp3) is 0.300. The molecule has 0 saturated carbocycles. The van der Waals surface area contributed by atoms with Gasteiger partial charge in [0, 0.05) is 16.5 Å². The quantitative estimate of drug-likeness (QED) is 0.683. The SMILES string of the molecule is COc1cccc([C@@H]2Nc3c(Cl)cc(Cl)cc3[C@H]3C=CC[C@H]32)c1OC. The highest BCUT2D eigenvalue weighted by molar-refractivity contribution is 6.36. The summed E-state index contributed by atoms with van der Waals surface area (Å²) in [4.78, 5) is 0. The molecule has 0 unspecified atom stereocenters. The summed E-state index contributed by atoms with van der Waals surface area (Å²) in [6, 6.07) is 9.88. The summed E-state index contributed by atoms with van der Waals surface area (Å²) in [6.07, 6.45) is 5.49. The average Bonchev–Trinajstić information content (AvgIpc) is 3.10. The summed E-state index contributed by atoms with van der Waals surface area (Å²) < 4.78 is 11.1. The summed E-state index contributed by atoms with van der Waals surface area (Å²) in [6.45, 7) is 0. The number of para-hydroxylation sites is 1. The Hall–Kier alpha value is -1.84. The molecule has 2 aromatic rings. The van der Waals surface area contributed by atoms with E-state index in [0.29, 0.717) is 16.0 Å². The summed E-state index contributed by atoms with van der Waals surface area (Å²) >= 11 is 12.7. The van der Waals surface area contributed by atoms with Crippen LogP contribution in [0.5, 0.6) is 11.5 Å². The van der Waals surface area contributed by atoms with Gasteiger partial charge in [0.2, 0.25) is 0 Å². The molecular weight excluding hydrogens is 357 g/mol. The Morgan fingerprint density at radius 3 is 2.68 bits per heavy atom. The van der Waals surface area contributed by atoms with Gasteiger partial charge in [-0.3, -0.25) is 0 Å². The Balaban J connectivity index is 1.85. The lowest BCUT2D eigenvalue weighted by Crippen LogP contribution is -2.29. The van der Waals surface area contributed by atoms with Gasteiger partial charge in [0.1, 0.15) is 0 Å². The van der Waals surface area contributed by atoms with Gasteiger partial charge in [-0.05, 0) is 36.1 Å². The van der Waals surface area contributed by atoms with Crippen molar-refractivity contribution < 1.29 is 9.47 Å². The molecule has 0 radical (unpaired) electrons. The molecule has 3 nitrogen and oxygen atoms in total. The zero-order valence-electron chi connectivity index (χ0n) is 14.1. The van der Waals surface area contributed by atoms with Crippen molar-refractivity contribution >= 4 is 28.9 Å². The van der Waals surface area contributed by atoms with Gasteiger partial charge in [-0.25, -0.2) is 0 Å². The molecular formula is C20H19Cl2NO2. The maximum atomic E-state index is 6.50. The number of halogens is 2. The molecule has 2 aromatic carbocycles. The lowest BCUT2D eigenvalue weighted by atomic mass is 9.77. The lowest BCUT2D eigenvalue weighted by Gasteiger charge is -2.38. The number of methoxy groups -OCH3 is 2. The predicted molar refractivity (Wildman–Crippen MR) is 102 cm³/mol. The molecule has 0 saturated heterocycles. The molecule has 1 aliphatic carbocycles. The zero-order valence-corrected chi connectivity index (χ0v) is 15.6. The number of fused-ring (bicyclic) bond motifs is 3. The molecule has 25 heavy (non-hydrogen) atoms. The van der Waals surface area contributed by atoms with E-state index in [-0.39, 0.29) is 12.0 Å². The topological polar surface area (TPSA) is 30.5 Å². The largest absolute Gasteiger partial charge is 0.493 e. The van der Waals surface area contributed by atoms with Crippen LogP contribution in [0.25, 0.3) is 0 Å². The Kier molecular flexibility index (Phi) is 4.30. The van der Waals surface area contributed by atoms with Gasteiger partial charge < -0.3 is 14.8 Å². The van der Waals surface area contributed by atoms with Gasteiger partial charge in [-0.1, -0.05) is 47.5 Å². The molecule has 130 valence electrons. The minimum Gasteiger partial charge on any atom is -0.493 e. The van der Waals surface area contributed by atoms with E-state index < -0.39 is 0 Å². The Morgan fingerprint density at radius 1 is 1.08 bits per heavy atom. The summed E-state index contributed by atoms with van der Waals surface area (Å²) in [7, 11) is 3.33. The second-order valence-electron chi connectivity index (χ2n) is 6.41. The third-order valence-corrected chi connectivity index (χ3v) is 5.67. The molecule has 3 atom stereocenters. The number of ether oxygens (including phenoxy) is 2. The van der Waals surface area contributed by atoms with E-state index in [9.17, 15) is 0 Å². The first-order chi connectivity index (χ1) is 12.1. The van der Waals surface area contributed by atoms with Crippen LogP contribution in [-0.4, -0.2) is 14.2 Å². The monoisotopic (exact) mass is 375 g/mol. The first-order valence-electron chi connectivity index (χ1n) is 8.27. The summed E-state index contributed by atoms with van der Waals surface area (Å²) in [5.74, 6) is 2.16. The third-order valence-electron chi connectivity index (χ3n) is 5.15. The normalized spacial score (nSPS) is 23.6. The number of nitrogens with one attached hydrogen (secondary N) is 1. The van der Waals surface area contributed by atoms with E-state index in [1.807, 2.05) is 18.2 Å². The molecule has 1 heterocycles. The van der Waals surface area contributed by atoms with E-state index in [1.165, 1.54) is 0 Å². The van der Waals surface area contributed by atoms with Crippen molar-refractivity contribution in [3.63, 3.8) is 0 Å². The predicted octanol–water partition coefficient (Wildman–Crippen LogP) is 5.84. The van der Waals surface area contributed by atoms with E-state index in [0.717, 1.165) is 34.7 Å². The number of rotatable bonds is 3. The van der Waals surface area contributed by atoms with Gasteiger partial charge in [0.05, 0.1) is 31.0 Å². The van der Waals surface area contributed by atoms with Crippen LogP contribution in [0.3, 0.4) is 0 Å². The molecule has 5 heteroatoms. The minimum absolute atomic E-state index is 0.0798. The van der Waals surface area contributed by atoms with Crippen LogP contribution >= 0.6 is 23.2 Å². The fourth-order valence-electron chi connectivity index (χ4n) is 4.09. The van der Waals surface area contributed by atoms with Crippen molar-refractivity contribution in [1.82, 2.24) is 0 Å². The molecule has 1 aliphatic heterocycles. The van der Waals surface area contributed by atoms with E-state index in [4.69, 9.17) is 32.7 Å². The number of benzene rings is 2. The van der Waals surface area contributed by atoms with Gasteiger partial charge in [-0.2, -0.15) is 0 Å². The van der Waals surface area contributed by atoms with Gasteiger partial charge in [0.15, 0.2) is 11.5 Å². The average molecular weight is 376 g/mol. The molecule has 0 spiro atoms. The smallest absolute Gasteiger partial charge is 0.165 e. The van der Waals surface area contributed by atoms with Crippen LogP contribution in [0, 0.1) is 5.92 Å². The second kappa shape index (κ2) is 6.47.